The molecule has 6 nitrogen and oxygen atoms in total. The van der Waals surface area contributed by atoms with E-state index in [2.05, 4.69) is 20.2 Å². The van der Waals surface area contributed by atoms with E-state index in [9.17, 15) is 0 Å². The minimum absolute atomic E-state index is 0.130. The van der Waals surface area contributed by atoms with Gasteiger partial charge < -0.3 is 9.67 Å². The van der Waals surface area contributed by atoms with E-state index in [0.29, 0.717) is 17.3 Å². The second-order valence-electron chi connectivity index (χ2n) is 2.75. The molecule has 0 radical (unpaired) electrons. The second kappa shape index (κ2) is 3.51. The summed E-state index contributed by atoms with van der Waals surface area (Å²) >= 11 is 0. The van der Waals surface area contributed by atoms with E-state index < -0.39 is 0 Å². The van der Waals surface area contributed by atoms with Crippen LogP contribution in [0, 0.1) is 0 Å². The maximum atomic E-state index is 8.92. The Labute approximate surface area is 80.3 Å². The first-order valence-corrected chi connectivity index (χ1v) is 4.08. The summed E-state index contributed by atoms with van der Waals surface area (Å²) < 4.78 is 1.70. The molecule has 0 unspecified atom stereocenters. The molecule has 2 aromatic rings. The maximum Gasteiger partial charge on any atom is 0.182 e. The number of hydrogen-bond acceptors (Lipinski definition) is 5. The van der Waals surface area contributed by atoms with Crippen molar-refractivity contribution in [3.8, 4) is 11.5 Å². The van der Waals surface area contributed by atoms with Crippen molar-refractivity contribution in [1.29, 1.82) is 0 Å². The number of nitrogens with zero attached hydrogens (tertiary/aromatic N) is 5. The van der Waals surface area contributed by atoms with Crippen LogP contribution in [0.3, 0.4) is 0 Å². The van der Waals surface area contributed by atoms with Gasteiger partial charge in [-0.2, -0.15) is 0 Å². The Morgan fingerprint density at radius 3 is 2.86 bits per heavy atom. The van der Waals surface area contributed by atoms with E-state index in [1.807, 2.05) is 0 Å². The lowest BCUT2D eigenvalue weighted by Gasteiger charge is -1.99. The van der Waals surface area contributed by atoms with Crippen LogP contribution < -0.4 is 0 Å². The summed E-state index contributed by atoms with van der Waals surface area (Å²) in [4.78, 5) is 7.85. The van der Waals surface area contributed by atoms with Gasteiger partial charge in [-0.15, -0.1) is 10.2 Å². The normalized spacial score (nSPS) is 10.4. The molecular formula is C8H9N5O. The van der Waals surface area contributed by atoms with Crippen LogP contribution in [0.2, 0.25) is 0 Å². The van der Waals surface area contributed by atoms with Gasteiger partial charge in [-0.3, -0.25) is 0 Å². The molecule has 0 amide bonds. The number of rotatable bonds is 2. The maximum absolute atomic E-state index is 8.92. The first-order valence-electron chi connectivity index (χ1n) is 4.08. The van der Waals surface area contributed by atoms with Crippen LogP contribution in [-0.2, 0) is 13.7 Å². The van der Waals surface area contributed by atoms with E-state index in [1.165, 1.54) is 6.33 Å². The average Bonchev–Trinajstić information content (AvgIpc) is 2.61. The molecule has 14 heavy (non-hydrogen) atoms. The molecule has 2 heterocycles. The molecule has 0 saturated heterocycles. The first-order chi connectivity index (χ1) is 6.83. The fourth-order valence-electron chi connectivity index (χ4n) is 1.15. The van der Waals surface area contributed by atoms with Crippen molar-refractivity contribution >= 4 is 0 Å². The van der Waals surface area contributed by atoms with E-state index in [1.54, 1.807) is 23.9 Å². The van der Waals surface area contributed by atoms with Crippen molar-refractivity contribution in [2.24, 2.45) is 7.05 Å². The van der Waals surface area contributed by atoms with Crippen LogP contribution in [0.25, 0.3) is 11.5 Å². The lowest BCUT2D eigenvalue weighted by molar-refractivity contribution is 0.267. The fraction of sp³-hybridized carbons (Fsp3) is 0.250. The molecule has 0 bridgehead atoms. The molecule has 0 aliphatic carbocycles. The molecule has 2 aromatic heterocycles. The van der Waals surface area contributed by atoms with Crippen LogP contribution in [0.1, 0.15) is 5.82 Å². The topological polar surface area (TPSA) is 76.7 Å². The highest BCUT2D eigenvalue weighted by Crippen LogP contribution is 2.12. The van der Waals surface area contributed by atoms with E-state index >= 15 is 0 Å². The molecule has 6 heteroatoms. The van der Waals surface area contributed by atoms with Crippen molar-refractivity contribution in [3.05, 3.63) is 24.4 Å². The van der Waals surface area contributed by atoms with Gasteiger partial charge in [0.1, 0.15) is 18.6 Å². The van der Waals surface area contributed by atoms with Gasteiger partial charge >= 0.3 is 0 Å². The largest absolute Gasteiger partial charge is 0.388 e. The molecule has 0 aromatic carbocycles. The molecule has 0 fully saturated rings. The Hall–Kier alpha value is -1.82. The minimum Gasteiger partial charge on any atom is -0.388 e. The molecule has 2 rings (SSSR count). The number of aliphatic hydroxyl groups excluding tert-OH is 1. The van der Waals surface area contributed by atoms with Crippen molar-refractivity contribution in [3.63, 3.8) is 0 Å². The SMILES string of the molecule is Cn1c(CO)nnc1-c1ccncn1. The van der Waals surface area contributed by atoms with Gasteiger partial charge in [-0.1, -0.05) is 0 Å². The highest BCUT2D eigenvalue weighted by molar-refractivity contribution is 5.47. The second-order valence-corrected chi connectivity index (χ2v) is 2.75. The van der Waals surface area contributed by atoms with Crippen LogP contribution in [0.4, 0.5) is 0 Å². The van der Waals surface area contributed by atoms with Gasteiger partial charge in [0.2, 0.25) is 0 Å². The average molecular weight is 191 g/mol. The summed E-state index contributed by atoms with van der Waals surface area (Å²) in [6, 6.07) is 1.74. The number of hydrogen-bond donors (Lipinski definition) is 1. The highest BCUT2D eigenvalue weighted by atomic mass is 16.3. The van der Waals surface area contributed by atoms with Crippen molar-refractivity contribution in [1.82, 2.24) is 24.7 Å². The van der Waals surface area contributed by atoms with E-state index in [-0.39, 0.29) is 6.61 Å². The third-order valence-electron chi connectivity index (χ3n) is 1.92. The van der Waals surface area contributed by atoms with Crippen LogP contribution in [0.15, 0.2) is 18.6 Å². The first kappa shape index (κ1) is 8.76. The van der Waals surface area contributed by atoms with Gasteiger partial charge in [-0.25, -0.2) is 9.97 Å². The highest BCUT2D eigenvalue weighted by Gasteiger charge is 2.09. The summed E-state index contributed by atoms with van der Waals surface area (Å²) in [5, 5.41) is 16.7. The summed E-state index contributed by atoms with van der Waals surface area (Å²) in [6.07, 6.45) is 3.08. The van der Waals surface area contributed by atoms with Gasteiger partial charge in [-0.05, 0) is 6.07 Å². The molecule has 0 saturated carbocycles. The number of aliphatic hydroxyl groups is 1. The van der Waals surface area contributed by atoms with Crippen molar-refractivity contribution in [2.75, 3.05) is 0 Å². The molecule has 0 aliphatic heterocycles. The smallest absolute Gasteiger partial charge is 0.182 e. The van der Waals surface area contributed by atoms with Gasteiger partial charge in [0.25, 0.3) is 0 Å². The lowest BCUT2D eigenvalue weighted by Crippen LogP contribution is -2.00. The third kappa shape index (κ3) is 1.35. The van der Waals surface area contributed by atoms with Crippen molar-refractivity contribution < 1.29 is 5.11 Å². The molecular weight excluding hydrogens is 182 g/mol. The fourth-order valence-corrected chi connectivity index (χ4v) is 1.15. The summed E-state index contributed by atoms with van der Waals surface area (Å²) in [5.74, 6) is 1.13. The van der Waals surface area contributed by atoms with E-state index in [4.69, 9.17) is 5.11 Å². The molecule has 0 atom stereocenters. The van der Waals surface area contributed by atoms with Gasteiger partial charge in [0.05, 0.1) is 0 Å². The molecule has 1 N–H and O–H groups in total. The van der Waals surface area contributed by atoms with E-state index in [0.717, 1.165) is 0 Å². The lowest BCUT2D eigenvalue weighted by atomic mass is 10.4. The molecule has 0 spiro atoms. The third-order valence-corrected chi connectivity index (χ3v) is 1.92. The van der Waals surface area contributed by atoms with Crippen molar-refractivity contribution in [2.45, 2.75) is 6.61 Å². The zero-order valence-corrected chi connectivity index (χ0v) is 7.62. The number of aromatic nitrogens is 5. The zero-order chi connectivity index (χ0) is 9.97. The predicted molar refractivity (Wildman–Crippen MR) is 48.0 cm³/mol. The standard InChI is InChI=1S/C8H9N5O/c1-13-7(4-14)11-12-8(13)6-2-3-9-5-10-6/h2-3,5,14H,4H2,1H3. The quantitative estimate of drug-likeness (QED) is 0.709. The summed E-state index contributed by atoms with van der Waals surface area (Å²) in [7, 11) is 1.78. The zero-order valence-electron chi connectivity index (χ0n) is 7.62. The van der Waals surface area contributed by atoms with Gasteiger partial charge in [0.15, 0.2) is 11.6 Å². The Morgan fingerprint density at radius 1 is 1.43 bits per heavy atom. The molecule has 0 aliphatic rings. The summed E-state index contributed by atoms with van der Waals surface area (Å²) in [5.41, 5.74) is 0.690. The predicted octanol–water partition coefficient (Wildman–Crippen LogP) is -0.236. The summed E-state index contributed by atoms with van der Waals surface area (Å²) in [6.45, 7) is -0.130. The monoisotopic (exact) mass is 191 g/mol. The minimum atomic E-state index is -0.130. The van der Waals surface area contributed by atoms with Crippen LogP contribution >= 0.6 is 0 Å². The van der Waals surface area contributed by atoms with Crippen LogP contribution in [-0.4, -0.2) is 29.8 Å². The Bertz CT molecular complexity index is 425. The van der Waals surface area contributed by atoms with Gasteiger partial charge in [0, 0.05) is 13.2 Å². The van der Waals surface area contributed by atoms with Crippen LogP contribution in [0.5, 0.6) is 0 Å². The Morgan fingerprint density at radius 2 is 2.29 bits per heavy atom. The Balaban J connectivity index is 2.48. The Kier molecular flexibility index (Phi) is 2.19. The molecule has 72 valence electrons.